The molecule has 0 saturated carbocycles. The van der Waals surface area contributed by atoms with Crippen molar-refractivity contribution in [2.75, 3.05) is 0 Å². The lowest BCUT2D eigenvalue weighted by atomic mass is 10.1. The number of nitrogens with zero attached hydrogens (tertiary/aromatic N) is 4. The van der Waals surface area contributed by atoms with E-state index in [1.54, 1.807) is 28.8 Å². The van der Waals surface area contributed by atoms with E-state index in [1.807, 2.05) is 43.3 Å². The van der Waals surface area contributed by atoms with Crippen molar-refractivity contribution < 1.29 is 8.42 Å². The molecule has 0 aliphatic carbocycles. The third kappa shape index (κ3) is 4.58. The van der Waals surface area contributed by atoms with Gasteiger partial charge in [-0.25, -0.2) is 13.1 Å². The first-order chi connectivity index (χ1) is 13.0. The molecule has 0 radical (unpaired) electrons. The van der Waals surface area contributed by atoms with Crippen molar-refractivity contribution in [2.24, 2.45) is 0 Å². The van der Waals surface area contributed by atoms with Crippen molar-refractivity contribution in [1.82, 2.24) is 19.5 Å². The van der Waals surface area contributed by atoms with Gasteiger partial charge in [0.1, 0.15) is 12.4 Å². The molecule has 0 aliphatic heterocycles. The predicted molar refractivity (Wildman–Crippen MR) is 100 cm³/mol. The zero-order valence-electron chi connectivity index (χ0n) is 14.8. The molecule has 0 amide bonds. The van der Waals surface area contributed by atoms with Gasteiger partial charge in [0.05, 0.1) is 4.90 Å². The summed E-state index contributed by atoms with van der Waals surface area (Å²) < 4.78 is 30.0. The number of aromatic nitrogens is 3. The van der Waals surface area contributed by atoms with Crippen LogP contribution in [0.25, 0.3) is 0 Å². The third-order valence-corrected chi connectivity index (χ3v) is 5.69. The number of hydrogen-bond donors (Lipinski definition) is 1. The van der Waals surface area contributed by atoms with Crippen LogP contribution in [0.5, 0.6) is 0 Å². The lowest BCUT2D eigenvalue weighted by Crippen LogP contribution is -2.29. The Labute approximate surface area is 158 Å². The van der Waals surface area contributed by atoms with Crippen LogP contribution in [0.15, 0.2) is 65.8 Å². The molecule has 138 valence electrons. The van der Waals surface area contributed by atoms with Gasteiger partial charge >= 0.3 is 0 Å². The zero-order valence-corrected chi connectivity index (χ0v) is 15.6. The Morgan fingerprint density at radius 2 is 1.85 bits per heavy atom. The largest absolute Gasteiger partial charge is 0.305 e. The van der Waals surface area contributed by atoms with Crippen LogP contribution in [0.1, 0.15) is 29.4 Å². The first-order valence-electron chi connectivity index (χ1n) is 8.41. The second kappa shape index (κ2) is 8.12. The number of sulfonamides is 1. The van der Waals surface area contributed by atoms with E-state index < -0.39 is 16.1 Å². The van der Waals surface area contributed by atoms with E-state index in [2.05, 4.69) is 14.9 Å². The first-order valence-corrected chi connectivity index (χ1v) is 9.90. The van der Waals surface area contributed by atoms with E-state index in [4.69, 9.17) is 5.26 Å². The van der Waals surface area contributed by atoms with Gasteiger partial charge in [-0.1, -0.05) is 48.0 Å². The highest BCUT2D eigenvalue weighted by atomic mass is 32.2. The average Bonchev–Trinajstić information content (AvgIpc) is 3.13. The second-order valence-corrected chi connectivity index (χ2v) is 7.86. The molecule has 1 N–H and O–H groups in total. The van der Waals surface area contributed by atoms with E-state index in [0.717, 1.165) is 11.1 Å². The zero-order chi connectivity index (χ0) is 19.3. The molecule has 1 unspecified atom stereocenters. The highest BCUT2D eigenvalue weighted by molar-refractivity contribution is 7.89. The Morgan fingerprint density at radius 1 is 1.15 bits per heavy atom. The summed E-state index contributed by atoms with van der Waals surface area (Å²) in [5.74, 6) is 0.197. The number of rotatable bonds is 7. The molecule has 3 rings (SSSR count). The summed E-state index contributed by atoms with van der Waals surface area (Å²) in [6.07, 6.45) is 1.91. The molecule has 2 aromatic carbocycles. The number of benzene rings is 2. The summed E-state index contributed by atoms with van der Waals surface area (Å²) >= 11 is 0. The summed E-state index contributed by atoms with van der Waals surface area (Å²) in [5.41, 5.74) is 1.84. The molecule has 1 atom stereocenters. The van der Waals surface area contributed by atoms with Gasteiger partial charge in [-0.05, 0) is 31.0 Å². The standard InChI is InChI=1S/C19H19N5O2S/c1-15-7-9-17(10-8-15)27(25,26)23-18(16-5-3-2-4-6-16)11-12-24-14-21-22-19(24)13-20/h2-10,14,18,23H,11-12H2,1H3. The van der Waals surface area contributed by atoms with Crippen molar-refractivity contribution in [3.63, 3.8) is 0 Å². The summed E-state index contributed by atoms with van der Waals surface area (Å²) in [6, 6.07) is 17.6. The second-order valence-electron chi connectivity index (χ2n) is 6.15. The molecular formula is C19H19N5O2S. The lowest BCUT2D eigenvalue weighted by molar-refractivity contribution is 0.505. The molecule has 1 heterocycles. The molecule has 0 spiro atoms. The molecule has 1 aromatic heterocycles. The lowest BCUT2D eigenvalue weighted by Gasteiger charge is -2.20. The number of hydrogen-bond acceptors (Lipinski definition) is 5. The van der Waals surface area contributed by atoms with Crippen molar-refractivity contribution in [2.45, 2.75) is 30.8 Å². The maximum absolute atomic E-state index is 12.8. The Morgan fingerprint density at radius 3 is 2.52 bits per heavy atom. The SMILES string of the molecule is Cc1ccc(S(=O)(=O)NC(CCn2cnnc2C#N)c2ccccc2)cc1. The van der Waals surface area contributed by atoms with Gasteiger partial charge in [0.15, 0.2) is 0 Å². The fourth-order valence-corrected chi connectivity index (χ4v) is 3.98. The number of aryl methyl sites for hydroxylation is 2. The molecule has 3 aromatic rings. The maximum Gasteiger partial charge on any atom is 0.241 e. The minimum atomic E-state index is -3.69. The van der Waals surface area contributed by atoms with Crippen molar-refractivity contribution >= 4 is 10.0 Å². The smallest absolute Gasteiger partial charge is 0.241 e. The van der Waals surface area contributed by atoms with Gasteiger partial charge in [-0.3, -0.25) is 0 Å². The molecule has 8 heteroatoms. The third-order valence-electron chi connectivity index (χ3n) is 4.20. The topological polar surface area (TPSA) is 101 Å². The highest BCUT2D eigenvalue weighted by Crippen LogP contribution is 2.21. The van der Waals surface area contributed by atoms with Crippen LogP contribution in [0.4, 0.5) is 0 Å². The molecule has 7 nitrogen and oxygen atoms in total. The van der Waals surface area contributed by atoms with E-state index in [1.165, 1.54) is 6.33 Å². The predicted octanol–water partition coefficient (Wildman–Crippen LogP) is 2.57. The van der Waals surface area contributed by atoms with Crippen molar-refractivity contribution in [1.29, 1.82) is 5.26 Å². The van der Waals surface area contributed by atoms with Gasteiger partial charge in [0.2, 0.25) is 15.8 Å². The van der Waals surface area contributed by atoms with Gasteiger partial charge in [-0.15, -0.1) is 10.2 Å². The molecule has 0 saturated heterocycles. The molecular weight excluding hydrogens is 362 g/mol. The molecule has 0 aliphatic rings. The minimum Gasteiger partial charge on any atom is -0.305 e. The van der Waals surface area contributed by atoms with E-state index >= 15 is 0 Å². The summed E-state index contributed by atoms with van der Waals surface area (Å²) in [4.78, 5) is 0.219. The first kappa shape index (κ1) is 18.8. The Kier molecular flexibility index (Phi) is 5.64. The fraction of sp³-hybridized carbons (Fsp3) is 0.211. The molecule has 0 bridgehead atoms. The number of nitriles is 1. The summed E-state index contributed by atoms with van der Waals surface area (Å²) in [5, 5.41) is 16.5. The Bertz CT molecular complexity index is 1040. The monoisotopic (exact) mass is 381 g/mol. The fourth-order valence-electron chi connectivity index (χ4n) is 2.73. The van der Waals surface area contributed by atoms with Crippen LogP contribution in [-0.2, 0) is 16.6 Å². The quantitative estimate of drug-likeness (QED) is 0.678. The molecule has 27 heavy (non-hydrogen) atoms. The maximum atomic E-state index is 12.8. The van der Waals surface area contributed by atoms with Crippen LogP contribution in [0.2, 0.25) is 0 Å². The van der Waals surface area contributed by atoms with Crippen LogP contribution in [-0.4, -0.2) is 23.2 Å². The van der Waals surface area contributed by atoms with Crippen molar-refractivity contribution in [3.05, 3.63) is 77.9 Å². The van der Waals surface area contributed by atoms with Crippen LogP contribution in [0, 0.1) is 18.3 Å². The van der Waals surface area contributed by atoms with E-state index in [9.17, 15) is 8.42 Å². The van der Waals surface area contributed by atoms with Crippen LogP contribution >= 0.6 is 0 Å². The van der Waals surface area contributed by atoms with Crippen LogP contribution < -0.4 is 4.72 Å². The Balaban J connectivity index is 1.84. The normalized spacial score (nSPS) is 12.4. The summed E-state index contributed by atoms with van der Waals surface area (Å²) in [7, 11) is -3.69. The molecule has 0 fully saturated rings. The average molecular weight is 381 g/mol. The van der Waals surface area contributed by atoms with Gasteiger partial charge in [-0.2, -0.15) is 5.26 Å². The van der Waals surface area contributed by atoms with Gasteiger partial charge in [0.25, 0.3) is 0 Å². The number of nitrogens with one attached hydrogen (secondary N) is 1. The van der Waals surface area contributed by atoms with E-state index in [0.29, 0.717) is 13.0 Å². The van der Waals surface area contributed by atoms with E-state index in [-0.39, 0.29) is 10.7 Å². The van der Waals surface area contributed by atoms with Gasteiger partial charge in [0, 0.05) is 12.6 Å². The summed E-state index contributed by atoms with van der Waals surface area (Å²) in [6.45, 7) is 2.31. The van der Waals surface area contributed by atoms with Crippen molar-refractivity contribution in [3.8, 4) is 6.07 Å². The highest BCUT2D eigenvalue weighted by Gasteiger charge is 2.21. The van der Waals surface area contributed by atoms with Gasteiger partial charge < -0.3 is 4.57 Å². The van der Waals surface area contributed by atoms with Crippen LogP contribution in [0.3, 0.4) is 0 Å². The minimum absolute atomic E-state index is 0.197. The Hall–Kier alpha value is -3.02.